The maximum Gasteiger partial charge on any atom is 0.254 e. The van der Waals surface area contributed by atoms with Crippen molar-refractivity contribution in [1.82, 2.24) is 4.90 Å². The molecule has 2 aromatic rings. The van der Waals surface area contributed by atoms with Crippen molar-refractivity contribution in [3.05, 3.63) is 65.2 Å². The molecule has 124 valence electrons. The van der Waals surface area contributed by atoms with Crippen LogP contribution in [-0.4, -0.2) is 31.1 Å². The summed E-state index contributed by atoms with van der Waals surface area (Å²) in [6.45, 7) is 3.51. The molecule has 0 aliphatic carbocycles. The van der Waals surface area contributed by atoms with Crippen molar-refractivity contribution >= 4 is 24.0 Å². The Balaban J connectivity index is 0.00000264. The third-order valence-electron chi connectivity index (χ3n) is 3.56. The highest BCUT2D eigenvalue weighted by molar-refractivity contribution is 5.96. The Bertz CT molecular complexity index is 632. The first-order chi connectivity index (χ1) is 10.6. The van der Waals surface area contributed by atoms with Crippen molar-refractivity contribution in [3.8, 4) is 0 Å². The van der Waals surface area contributed by atoms with Gasteiger partial charge in [-0.3, -0.25) is 4.79 Å². The van der Waals surface area contributed by atoms with E-state index in [0.29, 0.717) is 30.9 Å². The number of amides is 1. The number of hydrogen-bond acceptors (Lipinski definition) is 3. The van der Waals surface area contributed by atoms with E-state index in [0.717, 1.165) is 11.1 Å². The Labute approximate surface area is 143 Å². The van der Waals surface area contributed by atoms with Crippen molar-refractivity contribution < 1.29 is 9.53 Å². The maximum absolute atomic E-state index is 12.8. The number of nitrogens with two attached hydrogens (primary N) is 1. The Kier molecular flexibility index (Phi) is 7.59. The van der Waals surface area contributed by atoms with Crippen LogP contribution < -0.4 is 5.73 Å². The molecule has 0 heterocycles. The highest BCUT2D eigenvalue weighted by Crippen LogP contribution is 2.16. The second-order valence-corrected chi connectivity index (χ2v) is 5.28. The van der Waals surface area contributed by atoms with Crippen LogP contribution in [0.25, 0.3) is 0 Å². The van der Waals surface area contributed by atoms with E-state index >= 15 is 0 Å². The molecule has 0 saturated carbocycles. The summed E-state index contributed by atoms with van der Waals surface area (Å²) in [5.41, 5.74) is 9.08. The number of halogens is 1. The van der Waals surface area contributed by atoms with Crippen LogP contribution in [0.2, 0.25) is 0 Å². The lowest BCUT2D eigenvalue weighted by Gasteiger charge is -2.23. The fourth-order valence-corrected chi connectivity index (χ4v) is 2.30. The smallest absolute Gasteiger partial charge is 0.254 e. The van der Waals surface area contributed by atoms with Gasteiger partial charge in [0.2, 0.25) is 0 Å². The van der Waals surface area contributed by atoms with Crippen molar-refractivity contribution in [1.29, 1.82) is 0 Å². The number of rotatable bonds is 6. The predicted molar refractivity (Wildman–Crippen MR) is 95.9 cm³/mol. The Morgan fingerprint density at radius 1 is 1.17 bits per heavy atom. The van der Waals surface area contributed by atoms with Gasteiger partial charge in [-0.1, -0.05) is 36.4 Å². The van der Waals surface area contributed by atoms with Gasteiger partial charge in [0.15, 0.2) is 0 Å². The van der Waals surface area contributed by atoms with Gasteiger partial charge in [0.25, 0.3) is 5.91 Å². The molecule has 4 nitrogen and oxygen atoms in total. The van der Waals surface area contributed by atoms with Gasteiger partial charge in [-0.05, 0) is 30.2 Å². The summed E-state index contributed by atoms with van der Waals surface area (Å²) in [5.74, 6) is -0.0225. The van der Waals surface area contributed by atoms with Crippen LogP contribution in [-0.2, 0) is 11.3 Å². The normalized spacial score (nSPS) is 10.0. The van der Waals surface area contributed by atoms with Crippen LogP contribution >= 0.6 is 12.4 Å². The number of aryl methyl sites for hydroxylation is 1. The first kappa shape index (κ1) is 19.0. The second-order valence-electron chi connectivity index (χ2n) is 5.28. The number of hydrogen-bond donors (Lipinski definition) is 1. The molecule has 5 heteroatoms. The topological polar surface area (TPSA) is 55.6 Å². The molecular formula is C18H23ClN2O2. The highest BCUT2D eigenvalue weighted by Gasteiger charge is 2.18. The van der Waals surface area contributed by atoms with E-state index in [-0.39, 0.29) is 18.3 Å². The Morgan fingerprint density at radius 3 is 2.52 bits per heavy atom. The monoisotopic (exact) mass is 334 g/mol. The number of ether oxygens (including phenoxy) is 1. The van der Waals surface area contributed by atoms with E-state index in [9.17, 15) is 4.79 Å². The number of anilines is 1. The number of nitrogens with zero attached hydrogens (tertiary/aromatic N) is 1. The number of nitrogen functional groups attached to an aromatic ring is 1. The molecule has 0 aliphatic rings. The van der Waals surface area contributed by atoms with Crippen LogP contribution in [0.1, 0.15) is 21.5 Å². The molecular weight excluding hydrogens is 312 g/mol. The maximum atomic E-state index is 12.8. The van der Waals surface area contributed by atoms with Gasteiger partial charge in [0, 0.05) is 31.5 Å². The summed E-state index contributed by atoms with van der Waals surface area (Å²) in [6.07, 6.45) is 0. The van der Waals surface area contributed by atoms with Gasteiger partial charge in [0.05, 0.1) is 6.61 Å². The van der Waals surface area contributed by atoms with Gasteiger partial charge in [-0.25, -0.2) is 0 Å². The van der Waals surface area contributed by atoms with Gasteiger partial charge in [0.1, 0.15) is 0 Å². The van der Waals surface area contributed by atoms with Gasteiger partial charge < -0.3 is 15.4 Å². The predicted octanol–water partition coefficient (Wildman–Crippen LogP) is 3.29. The van der Waals surface area contributed by atoms with Crippen molar-refractivity contribution in [3.63, 3.8) is 0 Å². The molecule has 0 saturated heterocycles. The van der Waals surface area contributed by atoms with Gasteiger partial charge in [-0.2, -0.15) is 0 Å². The first-order valence-electron chi connectivity index (χ1n) is 7.30. The molecule has 0 aromatic heterocycles. The zero-order valence-corrected chi connectivity index (χ0v) is 14.3. The van der Waals surface area contributed by atoms with Crippen LogP contribution in [0, 0.1) is 6.92 Å². The van der Waals surface area contributed by atoms with E-state index in [1.807, 2.05) is 49.4 Å². The SMILES string of the molecule is COCCN(Cc1ccccc1)C(=O)c1cc(N)ccc1C.Cl. The summed E-state index contributed by atoms with van der Waals surface area (Å²) >= 11 is 0. The van der Waals surface area contributed by atoms with Gasteiger partial charge in [-0.15, -0.1) is 12.4 Å². The van der Waals surface area contributed by atoms with Crippen molar-refractivity contribution in [2.45, 2.75) is 13.5 Å². The quantitative estimate of drug-likeness (QED) is 0.825. The lowest BCUT2D eigenvalue weighted by atomic mass is 10.1. The number of benzene rings is 2. The number of methoxy groups -OCH3 is 1. The summed E-state index contributed by atoms with van der Waals surface area (Å²) in [4.78, 5) is 14.6. The highest BCUT2D eigenvalue weighted by atomic mass is 35.5. The van der Waals surface area contributed by atoms with Gasteiger partial charge >= 0.3 is 0 Å². The lowest BCUT2D eigenvalue weighted by molar-refractivity contribution is 0.0679. The van der Waals surface area contributed by atoms with E-state index in [1.54, 1.807) is 18.1 Å². The molecule has 0 unspecified atom stereocenters. The molecule has 0 atom stereocenters. The van der Waals surface area contributed by atoms with Crippen LogP contribution in [0.5, 0.6) is 0 Å². The molecule has 0 fully saturated rings. The fraction of sp³-hybridized carbons (Fsp3) is 0.278. The Morgan fingerprint density at radius 2 is 1.87 bits per heavy atom. The van der Waals surface area contributed by atoms with Crippen LogP contribution in [0.3, 0.4) is 0 Å². The largest absolute Gasteiger partial charge is 0.399 e. The average molecular weight is 335 g/mol. The molecule has 1 amide bonds. The zero-order chi connectivity index (χ0) is 15.9. The molecule has 23 heavy (non-hydrogen) atoms. The van der Waals surface area contributed by atoms with E-state index in [2.05, 4.69) is 0 Å². The summed E-state index contributed by atoms with van der Waals surface area (Å²) in [5, 5.41) is 0. The minimum absolute atomic E-state index is 0. The third kappa shape index (κ3) is 5.27. The molecule has 2 N–H and O–H groups in total. The first-order valence-corrected chi connectivity index (χ1v) is 7.30. The summed E-state index contributed by atoms with van der Waals surface area (Å²) in [6, 6.07) is 15.4. The molecule has 2 aromatic carbocycles. The summed E-state index contributed by atoms with van der Waals surface area (Å²) in [7, 11) is 1.64. The van der Waals surface area contributed by atoms with E-state index in [1.165, 1.54) is 0 Å². The lowest BCUT2D eigenvalue weighted by Crippen LogP contribution is -2.34. The summed E-state index contributed by atoms with van der Waals surface area (Å²) < 4.78 is 5.13. The average Bonchev–Trinajstić information content (AvgIpc) is 2.54. The fourth-order valence-electron chi connectivity index (χ4n) is 2.30. The minimum atomic E-state index is -0.0225. The van der Waals surface area contributed by atoms with Crippen LogP contribution in [0.15, 0.2) is 48.5 Å². The number of carbonyl (C=O) groups excluding carboxylic acids is 1. The molecule has 0 spiro atoms. The molecule has 0 bridgehead atoms. The minimum Gasteiger partial charge on any atom is -0.399 e. The number of carbonyl (C=O) groups is 1. The van der Waals surface area contributed by atoms with E-state index < -0.39 is 0 Å². The zero-order valence-electron chi connectivity index (χ0n) is 13.5. The van der Waals surface area contributed by atoms with E-state index in [4.69, 9.17) is 10.5 Å². The molecule has 0 aliphatic heterocycles. The molecule has 0 radical (unpaired) electrons. The van der Waals surface area contributed by atoms with Crippen molar-refractivity contribution in [2.24, 2.45) is 0 Å². The molecule has 2 rings (SSSR count). The Hall–Kier alpha value is -2.04. The third-order valence-corrected chi connectivity index (χ3v) is 3.56. The second kappa shape index (κ2) is 9.18. The van der Waals surface area contributed by atoms with Crippen molar-refractivity contribution in [2.75, 3.05) is 26.0 Å². The van der Waals surface area contributed by atoms with Crippen LogP contribution in [0.4, 0.5) is 5.69 Å². The standard InChI is InChI=1S/C18H22N2O2.ClH/c1-14-8-9-16(19)12-17(14)18(21)20(10-11-22-2)13-15-6-4-3-5-7-15;/h3-9,12H,10-11,13,19H2,1-2H3;1H.